The van der Waals surface area contributed by atoms with Gasteiger partial charge in [0, 0.05) is 10.2 Å². The highest BCUT2D eigenvalue weighted by Gasteiger charge is 2.12. The van der Waals surface area contributed by atoms with Crippen LogP contribution < -0.4 is 0 Å². The van der Waals surface area contributed by atoms with Gasteiger partial charge in [0.15, 0.2) is 0 Å². The monoisotopic (exact) mass is 327 g/mol. The second kappa shape index (κ2) is 6.43. The van der Waals surface area contributed by atoms with Crippen LogP contribution in [0.1, 0.15) is 28.5 Å². The first-order chi connectivity index (χ1) is 8.70. The molecule has 1 atom stereocenters. The van der Waals surface area contributed by atoms with Crippen LogP contribution in [0, 0.1) is 12.7 Å². The van der Waals surface area contributed by atoms with E-state index in [1.54, 1.807) is 11.3 Å². The summed E-state index contributed by atoms with van der Waals surface area (Å²) in [6.07, 6.45) is 2.09. The van der Waals surface area contributed by atoms with E-state index in [2.05, 4.69) is 20.9 Å². The van der Waals surface area contributed by atoms with Gasteiger partial charge in [-0.1, -0.05) is 28.1 Å². The first-order valence-corrected chi connectivity index (χ1v) is 7.91. The lowest BCUT2D eigenvalue weighted by atomic mass is 9.95. The number of hydrogen-bond acceptors (Lipinski definition) is 2. The lowest BCUT2D eigenvalue weighted by molar-refractivity contribution is 0.624. The molecule has 0 aliphatic carbocycles. The molecule has 0 aliphatic heterocycles. The quantitative estimate of drug-likeness (QED) is 0.725. The van der Waals surface area contributed by atoms with Crippen LogP contribution in [-0.4, -0.2) is 10.3 Å². The van der Waals surface area contributed by atoms with E-state index in [9.17, 15) is 4.39 Å². The molecule has 0 N–H and O–H groups in total. The third-order valence-electron chi connectivity index (χ3n) is 3.09. The van der Waals surface area contributed by atoms with E-state index < -0.39 is 0 Å². The Morgan fingerprint density at radius 3 is 2.61 bits per heavy atom. The summed E-state index contributed by atoms with van der Waals surface area (Å²) in [6.45, 7) is 2.05. The average molecular weight is 328 g/mol. The second-order valence-electron chi connectivity index (χ2n) is 4.30. The molecule has 1 aromatic heterocycles. The molecular weight excluding hydrogens is 313 g/mol. The first kappa shape index (κ1) is 13.7. The summed E-state index contributed by atoms with van der Waals surface area (Å²) in [5, 5.41) is 0.899. The zero-order chi connectivity index (χ0) is 13.0. The largest absolute Gasteiger partial charge is 0.250 e. The van der Waals surface area contributed by atoms with E-state index in [-0.39, 0.29) is 5.82 Å². The summed E-state index contributed by atoms with van der Waals surface area (Å²) in [7, 11) is 0. The van der Waals surface area contributed by atoms with Crippen molar-refractivity contribution in [2.45, 2.75) is 25.7 Å². The van der Waals surface area contributed by atoms with Crippen molar-refractivity contribution in [1.82, 2.24) is 4.98 Å². The smallest absolute Gasteiger partial charge is 0.123 e. The van der Waals surface area contributed by atoms with Crippen LogP contribution in [0.4, 0.5) is 4.39 Å². The topological polar surface area (TPSA) is 12.9 Å². The van der Waals surface area contributed by atoms with Gasteiger partial charge in [0.05, 0.1) is 11.2 Å². The highest BCUT2D eigenvalue weighted by molar-refractivity contribution is 9.09. The summed E-state index contributed by atoms with van der Waals surface area (Å²) in [4.78, 5) is 5.61. The molecule has 1 unspecified atom stereocenters. The molecule has 0 radical (unpaired) electrons. The zero-order valence-corrected chi connectivity index (χ0v) is 12.6. The Hall–Kier alpha value is -0.740. The maximum absolute atomic E-state index is 12.9. The minimum Gasteiger partial charge on any atom is -0.250 e. The fourth-order valence-corrected chi connectivity index (χ4v) is 3.43. The number of aryl methyl sites for hydroxylation is 2. The minimum atomic E-state index is -0.176. The number of rotatable bonds is 5. The molecule has 1 nitrogen and oxygen atoms in total. The summed E-state index contributed by atoms with van der Waals surface area (Å²) in [5.41, 5.74) is 4.22. The van der Waals surface area contributed by atoms with Gasteiger partial charge in [0.1, 0.15) is 5.82 Å². The lowest BCUT2D eigenvalue weighted by Gasteiger charge is -2.14. The van der Waals surface area contributed by atoms with E-state index in [1.165, 1.54) is 22.6 Å². The third-order valence-corrected chi connectivity index (χ3v) is 4.87. The number of alkyl halides is 1. The normalized spacial score (nSPS) is 12.6. The van der Waals surface area contributed by atoms with Gasteiger partial charge >= 0.3 is 0 Å². The number of aromatic nitrogens is 1. The van der Waals surface area contributed by atoms with Gasteiger partial charge in [-0.25, -0.2) is 9.37 Å². The van der Waals surface area contributed by atoms with Gasteiger partial charge in [0.25, 0.3) is 0 Å². The highest BCUT2D eigenvalue weighted by atomic mass is 79.9. The summed E-state index contributed by atoms with van der Waals surface area (Å²) in [5.74, 6) is 0.248. The van der Waals surface area contributed by atoms with Crippen LogP contribution >= 0.6 is 27.3 Å². The van der Waals surface area contributed by atoms with Gasteiger partial charge in [-0.2, -0.15) is 0 Å². The number of benzene rings is 1. The van der Waals surface area contributed by atoms with Crippen molar-refractivity contribution in [3.8, 4) is 0 Å². The Morgan fingerprint density at radius 2 is 2.06 bits per heavy atom. The van der Waals surface area contributed by atoms with Crippen LogP contribution in [0.2, 0.25) is 0 Å². The van der Waals surface area contributed by atoms with E-state index in [0.717, 1.165) is 23.9 Å². The maximum Gasteiger partial charge on any atom is 0.123 e. The fraction of sp³-hybridized carbons (Fsp3) is 0.357. The van der Waals surface area contributed by atoms with Crippen LogP contribution in [0.5, 0.6) is 0 Å². The molecule has 1 heterocycles. The third kappa shape index (κ3) is 3.39. The molecule has 0 saturated heterocycles. The standard InChI is InChI=1S/C14H15BrFNS/c1-10-14(18-9-17-10)7-4-12(8-15)11-2-5-13(16)6-3-11/h2-3,5-6,9,12H,4,7-8H2,1H3. The molecule has 0 bridgehead atoms. The van der Waals surface area contributed by atoms with Crippen molar-refractivity contribution in [2.24, 2.45) is 0 Å². The summed E-state index contributed by atoms with van der Waals surface area (Å²) >= 11 is 5.26. The minimum absolute atomic E-state index is 0.176. The molecule has 0 aliphatic rings. The Kier molecular flexibility index (Phi) is 4.89. The molecule has 0 amide bonds. The van der Waals surface area contributed by atoms with E-state index in [1.807, 2.05) is 24.6 Å². The van der Waals surface area contributed by atoms with Gasteiger partial charge < -0.3 is 0 Å². The van der Waals surface area contributed by atoms with Crippen molar-refractivity contribution in [3.63, 3.8) is 0 Å². The molecule has 2 aromatic rings. The van der Waals surface area contributed by atoms with Crippen LogP contribution in [-0.2, 0) is 6.42 Å². The Morgan fingerprint density at radius 1 is 1.33 bits per heavy atom. The summed E-state index contributed by atoms with van der Waals surface area (Å²) in [6, 6.07) is 6.81. The van der Waals surface area contributed by atoms with E-state index in [4.69, 9.17) is 0 Å². The molecule has 96 valence electrons. The first-order valence-electron chi connectivity index (χ1n) is 5.91. The number of hydrogen-bond donors (Lipinski definition) is 0. The Labute approximate surface area is 119 Å². The van der Waals surface area contributed by atoms with Crippen molar-refractivity contribution in [3.05, 3.63) is 51.7 Å². The second-order valence-corrected chi connectivity index (χ2v) is 5.89. The van der Waals surface area contributed by atoms with E-state index >= 15 is 0 Å². The Bertz CT molecular complexity index is 495. The molecule has 1 aromatic carbocycles. The van der Waals surface area contributed by atoms with Gasteiger partial charge in [-0.05, 0) is 43.4 Å². The average Bonchev–Trinajstić information content (AvgIpc) is 2.78. The number of thiazole rings is 1. The molecule has 0 saturated carbocycles. The predicted molar refractivity (Wildman–Crippen MR) is 78.1 cm³/mol. The molecule has 4 heteroatoms. The fourth-order valence-electron chi connectivity index (χ4n) is 1.94. The molecule has 0 fully saturated rings. The summed E-state index contributed by atoms with van der Waals surface area (Å²) < 4.78 is 12.9. The SMILES string of the molecule is Cc1ncsc1CCC(CBr)c1ccc(F)cc1. The zero-order valence-electron chi connectivity index (χ0n) is 10.2. The van der Waals surface area contributed by atoms with Gasteiger partial charge in [-0.15, -0.1) is 11.3 Å². The van der Waals surface area contributed by atoms with Crippen LogP contribution in [0.3, 0.4) is 0 Å². The molecule has 2 rings (SSSR count). The van der Waals surface area contributed by atoms with Gasteiger partial charge in [0.2, 0.25) is 0 Å². The van der Waals surface area contributed by atoms with Crippen molar-refractivity contribution in [2.75, 3.05) is 5.33 Å². The Balaban J connectivity index is 2.01. The molecule has 18 heavy (non-hydrogen) atoms. The number of halogens is 2. The van der Waals surface area contributed by atoms with Crippen molar-refractivity contribution in [1.29, 1.82) is 0 Å². The van der Waals surface area contributed by atoms with Crippen LogP contribution in [0.25, 0.3) is 0 Å². The van der Waals surface area contributed by atoms with Crippen molar-refractivity contribution >= 4 is 27.3 Å². The molecule has 0 spiro atoms. The van der Waals surface area contributed by atoms with Crippen LogP contribution in [0.15, 0.2) is 29.8 Å². The maximum atomic E-state index is 12.9. The highest BCUT2D eigenvalue weighted by Crippen LogP contribution is 2.26. The van der Waals surface area contributed by atoms with E-state index in [0.29, 0.717) is 5.92 Å². The van der Waals surface area contributed by atoms with Crippen molar-refractivity contribution < 1.29 is 4.39 Å². The predicted octanol–water partition coefficient (Wildman–Crippen LogP) is 4.70. The van der Waals surface area contributed by atoms with Gasteiger partial charge in [-0.3, -0.25) is 0 Å². The molecular formula is C14H15BrFNS. The lowest BCUT2D eigenvalue weighted by Crippen LogP contribution is -2.02. The number of nitrogens with zero attached hydrogens (tertiary/aromatic N) is 1.